The standard InChI is InChI=1S/C13H13NOS/c1-10(11-5-3-2-4-6-11)14-13(15)12-7-8-16-9-12/h2-10H,1H3,(H,14,15). The summed E-state index contributed by atoms with van der Waals surface area (Å²) in [5.41, 5.74) is 1.85. The number of carbonyl (C=O) groups excluding carboxylic acids is 1. The van der Waals surface area contributed by atoms with Crippen molar-refractivity contribution < 1.29 is 4.79 Å². The van der Waals surface area contributed by atoms with E-state index in [1.54, 1.807) is 0 Å². The fourth-order valence-electron chi connectivity index (χ4n) is 1.50. The van der Waals surface area contributed by atoms with E-state index in [1.807, 2.05) is 54.1 Å². The zero-order valence-electron chi connectivity index (χ0n) is 9.01. The molecule has 16 heavy (non-hydrogen) atoms. The lowest BCUT2D eigenvalue weighted by atomic mass is 10.1. The zero-order chi connectivity index (χ0) is 11.4. The lowest BCUT2D eigenvalue weighted by Crippen LogP contribution is -2.26. The fraction of sp³-hybridized carbons (Fsp3) is 0.154. The molecule has 3 heteroatoms. The van der Waals surface area contributed by atoms with Crippen LogP contribution in [0.2, 0.25) is 0 Å². The molecule has 0 radical (unpaired) electrons. The normalized spacial score (nSPS) is 12.1. The van der Waals surface area contributed by atoms with Gasteiger partial charge in [-0.15, -0.1) is 0 Å². The third-order valence-electron chi connectivity index (χ3n) is 2.43. The summed E-state index contributed by atoms with van der Waals surface area (Å²) in [5, 5.41) is 6.73. The number of thiophene rings is 1. The SMILES string of the molecule is CC(NC(=O)c1ccsc1)c1ccccc1. The highest BCUT2D eigenvalue weighted by Crippen LogP contribution is 2.13. The topological polar surface area (TPSA) is 29.1 Å². The van der Waals surface area contributed by atoms with Crippen molar-refractivity contribution in [3.8, 4) is 0 Å². The number of hydrogen-bond donors (Lipinski definition) is 1. The molecular weight excluding hydrogens is 218 g/mol. The molecule has 2 aromatic rings. The highest BCUT2D eigenvalue weighted by molar-refractivity contribution is 7.08. The Labute approximate surface area is 98.9 Å². The average Bonchev–Trinajstić information content (AvgIpc) is 2.83. The van der Waals surface area contributed by atoms with Gasteiger partial charge in [0.05, 0.1) is 11.6 Å². The first-order chi connectivity index (χ1) is 7.77. The summed E-state index contributed by atoms with van der Waals surface area (Å²) in [6.07, 6.45) is 0. The molecule has 1 unspecified atom stereocenters. The molecule has 1 atom stereocenters. The Kier molecular flexibility index (Phi) is 3.37. The summed E-state index contributed by atoms with van der Waals surface area (Å²) < 4.78 is 0. The van der Waals surface area contributed by atoms with Crippen molar-refractivity contribution in [1.29, 1.82) is 0 Å². The van der Waals surface area contributed by atoms with Crippen molar-refractivity contribution in [3.05, 3.63) is 58.3 Å². The molecule has 0 aliphatic rings. The van der Waals surface area contributed by atoms with Gasteiger partial charge in [-0.3, -0.25) is 4.79 Å². The first-order valence-electron chi connectivity index (χ1n) is 5.15. The Morgan fingerprint density at radius 2 is 2.00 bits per heavy atom. The van der Waals surface area contributed by atoms with Gasteiger partial charge < -0.3 is 5.32 Å². The van der Waals surface area contributed by atoms with Gasteiger partial charge in [0.25, 0.3) is 5.91 Å². The van der Waals surface area contributed by atoms with E-state index < -0.39 is 0 Å². The second kappa shape index (κ2) is 4.94. The predicted octanol–water partition coefficient (Wildman–Crippen LogP) is 3.24. The number of rotatable bonds is 3. The van der Waals surface area contributed by atoms with E-state index in [-0.39, 0.29) is 11.9 Å². The van der Waals surface area contributed by atoms with E-state index in [0.29, 0.717) is 0 Å². The number of carbonyl (C=O) groups is 1. The molecule has 1 aromatic carbocycles. The fourth-order valence-corrected chi connectivity index (χ4v) is 2.13. The molecule has 0 aliphatic heterocycles. The molecule has 0 spiro atoms. The molecule has 0 saturated heterocycles. The van der Waals surface area contributed by atoms with Crippen LogP contribution in [0.5, 0.6) is 0 Å². The van der Waals surface area contributed by atoms with Gasteiger partial charge >= 0.3 is 0 Å². The van der Waals surface area contributed by atoms with Crippen LogP contribution in [-0.2, 0) is 0 Å². The van der Waals surface area contributed by atoms with E-state index in [9.17, 15) is 4.79 Å². The van der Waals surface area contributed by atoms with Gasteiger partial charge in [-0.25, -0.2) is 0 Å². The van der Waals surface area contributed by atoms with E-state index >= 15 is 0 Å². The molecule has 1 aromatic heterocycles. The van der Waals surface area contributed by atoms with Crippen molar-refractivity contribution in [2.24, 2.45) is 0 Å². The highest BCUT2D eigenvalue weighted by Gasteiger charge is 2.10. The maximum atomic E-state index is 11.8. The molecule has 1 amide bonds. The minimum atomic E-state index is -0.0161. The molecule has 0 aliphatic carbocycles. The van der Waals surface area contributed by atoms with Gasteiger partial charge in [0.1, 0.15) is 0 Å². The monoisotopic (exact) mass is 231 g/mol. The predicted molar refractivity (Wildman–Crippen MR) is 66.6 cm³/mol. The largest absolute Gasteiger partial charge is 0.345 e. The van der Waals surface area contributed by atoms with Gasteiger partial charge in [0, 0.05) is 5.38 Å². The van der Waals surface area contributed by atoms with E-state index in [0.717, 1.165) is 11.1 Å². The Hall–Kier alpha value is -1.61. The Balaban J connectivity index is 2.03. The second-order valence-electron chi connectivity index (χ2n) is 3.62. The van der Waals surface area contributed by atoms with Crippen molar-refractivity contribution in [2.45, 2.75) is 13.0 Å². The summed E-state index contributed by atoms with van der Waals surface area (Å²) >= 11 is 1.53. The first-order valence-corrected chi connectivity index (χ1v) is 6.09. The molecular formula is C13H13NOS. The molecule has 82 valence electrons. The maximum absolute atomic E-state index is 11.8. The van der Waals surface area contributed by atoms with Crippen molar-refractivity contribution in [3.63, 3.8) is 0 Å². The highest BCUT2D eigenvalue weighted by atomic mass is 32.1. The smallest absolute Gasteiger partial charge is 0.252 e. The third-order valence-corrected chi connectivity index (χ3v) is 3.11. The summed E-state index contributed by atoms with van der Waals surface area (Å²) in [5.74, 6) is -0.0161. The maximum Gasteiger partial charge on any atom is 0.252 e. The van der Waals surface area contributed by atoms with Crippen LogP contribution < -0.4 is 5.32 Å². The second-order valence-corrected chi connectivity index (χ2v) is 4.40. The number of benzene rings is 1. The molecule has 1 heterocycles. The van der Waals surface area contributed by atoms with Crippen LogP contribution in [0.15, 0.2) is 47.2 Å². The van der Waals surface area contributed by atoms with Crippen LogP contribution in [0.1, 0.15) is 28.9 Å². The van der Waals surface area contributed by atoms with Crippen LogP contribution in [0.3, 0.4) is 0 Å². The minimum Gasteiger partial charge on any atom is -0.345 e. The molecule has 1 N–H and O–H groups in total. The third kappa shape index (κ3) is 2.49. The molecule has 2 nitrogen and oxygen atoms in total. The van der Waals surface area contributed by atoms with E-state index in [2.05, 4.69) is 5.32 Å². The van der Waals surface area contributed by atoms with Gasteiger partial charge in [0.15, 0.2) is 0 Å². The zero-order valence-corrected chi connectivity index (χ0v) is 9.83. The van der Waals surface area contributed by atoms with Crippen molar-refractivity contribution in [2.75, 3.05) is 0 Å². The van der Waals surface area contributed by atoms with Gasteiger partial charge in [0.2, 0.25) is 0 Å². The van der Waals surface area contributed by atoms with Crippen LogP contribution in [-0.4, -0.2) is 5.91 Å². The molecule has 0 bridgehead atoms. The minimum absolute atomic E-state index is 0.0161. The quantitative estimate of drug-likeness (QED) is 0.863. The average molecular weight is 231 g/mol. The van der Waals surface area contributed by atoms with E-state index in [4.69, 9.17) is 0 Å². The van der Waals surface area contributed by atoms with Crippen LogP contribution in [0, 0.1) is 0 Å². The van der Waals surface area contributed by atoms with Crippen molar-refractivity contribution >= 4 is 17.2 Å². The summed E-state index contributed by atoms with van der Waals surface area (Å²) in [4.78, 5) is 11.8. The van der Waals surface area contributed by atoms with Crippen molar-refractivity contribution in [1.82, 2.24) is 5.32 Å². The lowest BCUT2D eigenvalue weighted by Gasteiger charge is -2.13. The molecule has 2 rings (SSSR count). The number of amides is 1. The van der Waals surface area contributed by atoms with E-state index in [1.165, 1.54) is 11.3 Å². The molecule has 0 saturated carbocycles. The van der Waals surface area contributed by atoms with Gasteiger partial charge in [-0.05, 0) is 23.9 Å². The number of nitrogens with one attached hydrogen (secondary N) is 1. The van der Waals surface area contributed by atoms with Gasteiger partial charge in [-0.2, -0.15) is 11.3 Å². The summed E-state index contributed by atoms with van der Waals surface area (Å²) in [6, 6.07) is 11.8. The summed E-state index contributed by atoms with van der Waals surface area (Å²) in [7, 11) is 0. The summed E-state index contributed by atoms with van der Waals surface area (Å²) in [6.45, 7) is 1.99. The molecule has 0 fully saturated rings. The van der Waals surface area contributed by atoms with Crippen LogP contribution in [0.4, 0.5) is 0 Å². The Morgan fingerprint density at radius 3 is 2.62 bits per heavy atom. The van der Waals surface area contributed by atoms with Crippen LogP contribution >= 0.6 is 11.3 Å². The number of hydrogen-bond acceptors (Lipinski definition) is 2. The Morgan fingerprint density at radius 1 is 1.25 bits per heavy atom. The lowest BCUT2D eigenvalue weighted by molar-refractivity contribution is 0.0940. The van der Waals surface area contributed by atoms with Gasteiger partial charge in [-0.1, -0.05) is 30.3 Å². The first kappa shape index (κ1) is 10.9. The van der Waals surface area contributed by atoms with Crippen LogP contribution in [0.25, 0.3) is 0 Å². The Bertz CT molecular complexity index is 450.